The van der Waals surface area contributed by atoms with Gasteiger partial charge >= 0.3 is 11.3 Å². The number of benzene rings is 2. The average Bonchev–Trinajstić information content (AvgIpc) is 2.84. The number of hydrogen-bond acceptors (Lipinski definition) is 6. The zero-order valence-electron chi connectivity index (χ0n) is 19.8. The largest absolute Gasteiger partial charge is 0.493 e. The number of aromatic amines is 1. The standard InChI is InChI=1S/C25H28N4O4S/c1-5-6-9-15-34-25-26-23(31)21-17-11-7-8-13-19(17)28(16(2)30)24(29(21)27-25)18-12-10-14-20(32-3)22(18)33-4/h7-8,10-14,24H,5-6,9,15H2,1-4H3/p+1. The van der Waals surface area contributed by atoms with Gasteiger partial charge in [-0.05, 0) is 35.4 Å². The minimum atomic E-state index is -0.732. The summed E-state index contributed by atoms with van der Waals surface area (Å²) in [4.78, 5) is 31.0. The van der Waals surface area contributed by atoms with Gasteiger partial charge in [0.15, 0.2) is 11.5 Å². The van der Waals surface area contributed by atoms with Gasteiger partial charge in [-0.1, -0.05) is 49.7 Å². The molecular weight excluding hydrogens is 452 g/mol. The van der Waals surface area contributed by atoms with E-state index in [-0.39, 0.29) is 11.5 Å². The number of anilines is 1. The Kier molecular flexibility index (Phi) is 7.21. The first-order valence-electron chi connectivity index (χ1n) is 11.3. The second-order valence-corrected chi connectivity index (χ2v) is 9.05. The summed E-state index contributed by atoms with van der Waals surface area (Å²) < 4.78 is 12.9. The maximum Gasteiger partial charge on any atom is 0.325 e. The zero-order valence-corrected chi connectivity index (χ0v) is 20.6. The summed E-state index contributed by atoms with van der Waals surface area (Å²) in [5, 5.41) is 5.34. The Labute approximate surface area is 202 Å². The molecule has 0 aliphatic carbocycles. The van der Waals surface area contributed by atoms with Crippen LogP contribution in [0.2, 0.25) is 0 Å². The van der Waals surface area contributed by atoms with E-state index in [1.807, 2.05) is 36.4 Å². The second kappa shape index (κ2) is 10.3. The van der Waals surface area contributed by atoms with Crippen molar-refractivity contribution in [1.82, 2.24) is 10.1 Å². The number of unbranched alkanes of at least 4 members (excludes halogenated alkanes) is 2. The molecule has 0 saturated carbocycles. The SMILES string of the molecule is CCCCCSc1n[n+]2c(c(=O)[nH]1)-c1ccccc1N(C(C)=O)C2c1cccc(OC)c1OC. The Morgan fingerprint density at radius 1 is 1.15 bits per heavy atom. The summed E-state index contributed by atoms with van der Waals surface area (Å²) in [5.74, 6) is 1.68. The lowest BCUT2D eigenvalue weighted by molar-refractivity contribution is -0.763. The molecule has 0 fully saturated rings. The minimum Gasteiger partial charge on any atom is -0.493 e. The molecule has 2 aromatic carbocycles. The molecule has 8 nitrogen and oxygen atoms in total. The Morgan fingerprint density at radius 2 is 1.94 bits per heavy atom. The number of carbonyl (C=O) groups excluding carboxylic acids is 1. The van der Waals surface area contributed by atoms with Gasteiger partial charge < -0.3 is 9.47 Å². The van der Waals surface area contributed by atoms with Gasteiger partial charge in [-0.15, -0.1) is 0 Å². The van der Waals surface area contributed by atoms with Crippen LogP contribution in [-0.2, 0) is 4.79 Å². The van der Waals surface area contributed by atoms with Gasteiger partial charge in [0.2, 0.25) is 11.1 Å². The first-order valence-corrected chi connectivity index (χ1v) is 12.3. The van der Waals surface area contributed by atoms with E-state index in [9.17, 15) is 9.59 Å². The van der Waals surface area contributed by atoms with Crippen molar-refractivity contribution in [1.29, 1.82) is 0 Å². The number of para-hydroxylation sites is 2. The molecule has 1 aliphatic heterocycles. The number of ether oxygens (including phenoxy) is 2. The lowest BCUT2D eigenvalue weighted by atomic mass is 10.0. The highest BCUT2D eigenvalue weighted by Crippen LogP contribution is 2.42. The van der Waals surface area contributed by atoms with E-state index >= 15 is 0 Å². The van der Waals surface area contributed by atoms with E-state index in [1.165, 1.54) is 18.7 Å². The molecule has 1 aromatic heterocycles. The van der Waals surface area contributed by atoms with Gasteiger partial charge in [0.1, 0.15) is 0 Å². The number of hydrogen-bond donors (Lipinski definition) is 1. The fourth-order valence-corrected chi connectivity index (χ4v) is 5.15. The molecular formula is C25H29N4O4S+. The molecule has 0 bridgehead atoms. The maximum atomic E-state index is 13.4. The number of carbonyl (C=O) groups is 1. The van der Waals surface area contributed by atoms with E-state index in [0.29, 0.717) is 39.2 Å². The normalized spacial score (nSPS) is 14.4. The van der Waals surface area contributed by atoms with Crippen molar-refractivity contribution in [3.8, 4) is 22.8 Å². The number of rotatable bonds is 8. The highest BCUT2D eigenvalue weighted by atomic mass is 32.2. The number of nitrogens with zero attached hydrogens (tertiary/aromatic N) is 3. The van der Waals surface area contributed by atoms with Crippen molar-refractivity contribution in [2.75, 3.05) is 24.9 Å². The van der Waals surface area contributed by atoms with E-state index in [1.54, 1.807) is 29.9 Å². The summed E-state index contributed by atoms with van der Waals surface area (Å²) in [7, 11) is 3.12. The van der Waals surface area contributed by atoms with E-state index < -0.39 is 6.17 Å². The van der Waals surface area contributed by atoms with E-state index in [2.05, 4.69) is 11.9 Å². The van der Waals surface area contributed by atoms with Gasteiger partial charge in [0.05, 0.1) is 31.0 Å². The molecule has 1 aliphatic rings. The Balaban J connectivity index is 1.97. The van der Waals surface area contributed by atoms with Gasteiger partial charge in [-0.3, -0.25) is 14.6 Å². The van der Waals surface area contributed by atoms with Crippen LogP contribution < -0.4 is 24.6 Å². The lowest BCUT2D eigenvalue weighted by Gasteiger charge is -2.32. The van der Waals surface area contributed by atoms with E-state index in [4.69, 9.17) is 14.6 Å². The van der Waals surface area contributed by atoms with Crippen LogP contribution in [0.25, 0.3) is 11.3 Å². The number of aromatic nitrogens is 3. The summed E-state index contributed by atoms with van der Waals surface area (Å²) >= 11 is 1.51. The molecule has 34 heavy (non-hydrogen) atoms. The Hall–Kier alpha value is -3.33. The van der Waals surface area contributed by atoms with Crippen molar-refractivity contribution < 1.29 is 19.0 Å². The molecule has 1 atom stereocenters. The third kappa shape index (κ3) is 4.27. The molecule has 1 N–H and O–H groups in total. The fourth-order valence-electron chi connectivity index (χ4n) is 4.29. The Morgan fingerprint density at radius 3 is 2.65 bits per heavy atom. The number of amides is 1. The molecule has 1 unspecified atom stereocenters. The maximum absolute atomic E-state index is 13.4. The first kappa shape index (κ1) is 23.8. The van der Waals surface area contributed by atoms with Crippen LogP contribution in [0.4, 0.5) is 5.69 Å². The van der Waals surface area contributed by atoms with Gasteiger partial charge in [0, 0.05) is 17.8 Å². The van der Waals surface area contributed by atoms with Gasteiger partial charge in [0.25, 0.3) is 6.17 Å². The minimum absolute atomic E-state index is 0.181. The number of H-pyrrole nitrogens is 1. The van der Waals surface area contributed by atoms with Crippen molar-refractivity contribution in [3.05, 3.63) is 58.4 Å². The van der Waals surface area contributed by atoms with Crippen LogP contribution in [0, 0.1) is 0 Å². The molecule has 0 spiro atoms. The number of methoxy groups -OCH3 is 2. The average molecular weight is 482 g/mol. The highest BCUT2D eigenvalue weighted by molar-refractivity contribution is 7.99. The first-order chi connectivity index (χ1) is 16.5. The number of thioether (sulfide) groups is 1. The predicted molar refractivity (Wildman–Crippen MR) is 132 cm³/mol. The third-order valence-electron chi connectivity index (χ3n) is 5.80. The number of nitrogens with one attached hydrogen (secondary N) is 1. The summed E-state index contributed by atoms with van der Waals surface area (Å²) in [6.45, 7) is 3.66. The molecule has 4 rings (SSSR count). The predicted octanol–water partition coefficient (Wildman–Crippen LogP) is 3.94. The summed E-state index contributed by atoms with van der Waals surface area (Å²) in [6, 6.07) is 12.9. The Bertz CT molecular complexity index is 1260. The van der Waals surface area contributed by atoms with Crippen LogP contribution in [-0.4, -0.2) is 36.0 Å². The van der Waals surface area contributed by atoms with Crippen molar-refractivity contribution >= 4 is 23.4 Å². The second-order valence-electron chi connectivity index (χ2n) is 7.97. The zero-order chi connectivity index (χ0) is 24.2. The molecule has 3 aromatic rings. The van der Waals surface area contributed by atoms with Crippen LogP contribution >= 0.6 is 11.8 Å². The van der Waals surface area contributed by atoms with Gasteiger partial charge in [-0.2, -0.15) is 0 Å². The molecule has 2 heterocycles. The third-order valence-corrected chi connectivity index (χ3v) is 6.75. The lowest BCUT2D eigenvalue weighted by Crippen LogP contribution is -2.60. The fraction of sp³-hybridized carbons (Fsp3) is 0.360. The molecule has 1 amide bonds. The van der Waals surface area contributed by atoms with Crippen LogP contribution in [0.5, 0.6) is 11.5 Å². The van der Waals surface area contributed by atoms with Crippen LogP contribution in [0.15, 0.2) is 52.4 Å². The summed E-state index contributed by atoms with van der Waals surface area (Å²) in [5.41, 5.74) is 2.09. The van der Waals surface area contributed by atoms with E-state index in [0.717, 1.165) is 25.0 Å². The molecule has 0 radical (unpaired) electrons. The van der Waals surface area contributed by atoms with Gasteiger partial charge in [-0.25, -0.2) is 4.90 Å². The number of fused-ring (bicyclic) bond motifs is 3. The van der Waals surface area contributed by atoms with Crippen LogP contribution in [0.3, 0.4) is 0 Å². The van der Waals surface area contributed by atoms with Crippen molar-refractivity contribution in [3.63, 3.8) is 0 Å². The van der Waals surface area contributed by atoms with Crippen molar-refractivity contribution in [2.24, 2.45) is 0 Å². The smallest absolute Gasteiger partial charge is 0.325 e. The molecule has 178 valence electrons. The monoisotopic (exact) mass is 481 g/mol. The van der Waals surface area contributed by atoms with Crippen LogP contribution in [0.1, 0.15) is 44.8 Å². The van der Waals surface area contributed by atoms with Crippen molar-refractivity contribution in [2.45, 2.75) is 44.4 Å². The topological polar surface area (TPSA) is 88.4 Å². The summed E-state index contributed by atoms with van der Waals surface area (Å²) in [6.07, 6.45) is 2.53. The molecule has 9 heteroatoms. The molecule has 0 saturated heterocycles. The quantitative estimate of drug-likeness (QED) is 0.298. The highest BCUT2D eigenvalue weighted by Gasteiger charge is 2.46.